The highest BCUT2D eigenvalue weighted by molar-refractivity contribution is 9.10. The standard InChI is InChI=1S/C18H16BrN5O2/c1-2-12-7-3-5-9-14(12)22-17-16(24(25)26)18(21-11-20-17)23-15-10-6-4-8-13(15)19/h3-11H,2H2,1H3,(H2,20,21,22,23). The first-order valence-corrected chi connectivity index (χ1v) is 8.75. The molecule has 2 N–H and O–H groups in total. The summed E-state index contributed by atoms with van der Waals surface area (Å²) in [5.74, 6) is 0.258. The minimum Gasteiger partial charge on any atom is -0.334 e. The summed E-state index contributed by atoms with van der Waals surface area (Å²) in [6.07, 6.45) is 2.09. The van der Waals surface area contributed by atoms with Crippen LogP contribution in [0.5, 0.6) is 0 Å². The van der Waals surface area contributed by atoms with Gasteiger partial charge in [-0.05, 0) is 46.1 Å². The number of aryl methyl sites for hydroxylation is 1. The average molecular weight is 414 g/mol. The van der Waals surface area contributed by atoms with Gasteiger partial charge in [-0.2, -0.15) is 0 Å². The summed E-state index contributed by atoms with van der Waals surface area (Å²) in [7, 11) is 0. The second kappa shape index (κ2) is 7.92. The Bertz CT molecular complexity index is 948. The van der Waals surface area contributed by atoms with E-state index in [9.17, 15) is 10.1 Å². The number of halogens is 1. The van der Waals surface area contributed by atoms with Gasteiger partial charge in [-0.1, -0.05) is 37.3 Å². The first kappa shape index (κ1) is 17.8. The van der Waals surface area contributed by atoms with E-state index in [0.717, 1.165) is 22.1 Å². The predicted octanol–water partition coefficient (Wildman–Crippen LogP) is 5.20. The Morgan fingerprint density at radius 3 is 2.19 bits per heavy atom. The Morgan fingerprint density at radius 1 is 1.00 bits per heavy atom. The van der Waals surface area contributed by atoms with Crippen LogP contribution in [-0.2, 0) is 6.42 Å². The monoisotopic (exact) mass is 413 g/mol. The molecule has 132 valence electrons. The number of nitrogens with one attached hydrogen (secondary N) is 2. The van der Waals surface area contributed by atoms with E-state index in [0.29, 0.717) is 5.69 Å². The summed E-state index contributed by atoms with van der Waals surface area (Å²) in [6.45, 7) is 2.02. The molecule has 0 amide bonds. The molecule has 7 nitrogen and oxygen atoms in total. The van der Waals surface area contributed by atoms with E-state index in [1.807, 2.05) is 49.4 Å². The maximum atomic E-state index is 11.7. The molecule has 0 aliphatic carbocycles. The number of hydrogen-bond donors (Lipinski definition) is 2. The predicted molar refractivity (Wildman–Crippen MR) is 105 cm³/mol. The topological polar surface area (TPSA) is 93.0 Å². The van der Waals surface area contributed by atoms with Gasteiger partial charge in [-0.3, -0.25) is 10.1 Å². The van der Waals surface area contributed by atoms with Crippen molar-refractivity contribution in [3.63, 3.8) is 0 Å². The van der Waals surface area contributed by atoms with Crippen LogP contribution in [0.15, 0.2) is 59.3 Å². The number of nitrogens with zero attached hydrogens (tertiary/aromatic N) is 3. The molecule has 8 heteroatoms. The lowest BCUT2D eigenvalue weighted by molar-refractivity contribution is -0.383. The fourth-order valence-electron chi connectivity index (χ4n) is 2.50. The molecule has 0 aliphatic rings. The van der Waals surface area contributed by atoms with E-state index in [2.05, 4.69) is 36.5 Å². The molecule has 3 aromatic rings. The largest absolute Gasteiger partial charge is 0.353 e. The van der Waals surface area contributed by atoms with E-state index >= 15 is 0 Å². The number of anilines is 4. The Labute approximate surface area is 158 Å². The van der Waals surface area contributed by atoms with Crippen LogP contribution in [0, 0.1) is 10.1 Å². The normalized spacial score (nSPS) is 10.4. The summed E-state index contributed by atoms with van der Waals surface area (Å²) in [6, 6.07) is 15.0. The zero-order valence-electron chi connectivity index (χ0n) is 13.9. The third-order valence-corrected chi connectivity index (χ3v) is 4.47. The van der Waals surface area contributed by atoms with Crippen LogP contribution >= 0.6 is 15.9 Å². The molecule has 0 unspecified atom stereocenters. The zero-order valence-corrected chi connectivity index (χ0v) is 15.5. The van der Waals surface area contributed by atoms with Crippen molar-refractivity contribution in [1.82, 2.24) is 9.97 Å². The van der Waals surface area contributed by atoms with E-state index in [-0.39, 0.29) is 17.3 Å². The first-order chi connectivity index (χ1) is 12.6. The molecule has 26 heavy (non-hydrogen) atoms. The van der Waals surface area contributed by atoms with Gasteiger partial charge in [0.25, 0.3) is 0 Å². The van der Waals surface area contributed by atoms with Gasteiger partial charge in [0.05, 0.1) is 10.6 Å². The highest BCUT2D eigenvalue weighted by Gasteiger charge is 2.24. The van der Waals surface area contributed by atoms with Gasteiger partial charge in [0.15, 0.2) is 0 Å². The van der Waals surface area contributed by atoms with Gasteiger partial charge < -0.3 is 10.6 Å². The van der Waals surface area contributed by atoms with Crippen LogP contribution in [0.2, 0.25) is 0 Å². The smallest absolute Gasteiger partial charge is 0.334 e. The lowest BCUT2D eigenvalue weighted by atomic mass is 10.1. The number of rotatable bonds is 6. The summed E-state index contributed by atoms with van der Waals surface area (Å²) in [5, 5.41) is 17.8. The van der Waals surface area contributed by atoms with Crippen molar-refractivity contribution in [1.29, 1.82) is 0 Å². The quantitative estimate of drug-likeness (QED) is 0.426. The molecule has 0 saturated carbocycles. The Balaban J connectivity index is 2.01. The van der Waals surface area contributed by atoms with Crippen molar-refractivity contribution < 1.29 is 4.92 Å². The van der Waals surface area contributed by atoms with Crippen LogP contribution in [0.3, 0.4) is 0 Å². The highest BCUT2D eigenvalue weighted by Crippen LogP contribution is 2.35. The molecule has 1 heterocycles. The van der Waals surface area contributed by atoms with Gasteiger partial charge in [0, 0.05) is 10.2 Å². The number of benzene rings is 2. The van der Waals surface area contributed by atoms with Crippen LogP contribution in [0.25, 0.3) is 0 Å². The van der Waals surface area contributed by atoms with Gasteiger partial charge in [-0.25, -0.2) is 9.97 Å². The minimum absolute atomic E-state index is 0.119. The van der Waals surface area contributed by atoms with Crippen molar-refractivity contribution in [2.24, 2.45) is 0 Å². The van der Waals surface area contributed by atoms with Crippen molar-refractivity contribution in [3.05, 3.63) is 75.0 Å². The maximum Gasteiger partial charge on any atom is 0.353 e. The molecule has 0 fully saturated rings. The van der Waals surface area contributed by atoms with Crippen LogP contribution in [0.4, 0.5) is 28.7 Å². The highest BCUT2D eigenvalue weighted by atomic mass is 79.9. The second-order valence-electron chi connectivity index (χ2n) is 5.42. The number of hydrogen-bond acceptors (Lipinski definition) is 6. The Kier molecular flexibility index (Phi) is 5.43. The van der Waals surface area contributed by atoms with Crippen LogP contribution in [0.1, 0.15) is 12.5 Å². The van der Waals surface area contributed by atoms with Crippen LogP contribution in [-0.4, -0.2) is 14.9 Å². The van der Waals surface area contributed by atoms with Gasteiger partial charge in [0.1, 0.15) is 6.33 Å². The molecule has 0 aliphatic heterocycles. The molecule has 0 radical (unpaired) electrons. The molecular formula is C18H16BrN5O2. The van der Waals surface area contributed by atoms with Gasteiger partial charge in [-0.15, -0.1) is 0 Å². The number of para-hydroxylation sites is 2. The lowest BCUT2D eigenvalue weighted by Crippen LogP contribution is -2.06. The summed E-state index contributed by atoms with van der Waals surface area (Å²) >= 11 is 3.42. The van der Waals surface area contributed by atoms with E-state index in [4.69, 9.17) is 0 Å². The molecule has 1 aromatic heterocycles. The van der Waals surface area contributed by atoms with E-state index in [1.165, 1.54) is 6.33 Å². The van der Waals surface area contributed by atoms with E-state index < -0.39 is 4.92 Å². The summed E-state index contributed by atoms with van der Waals surface area (Å²) in [5.41, 5.74) is 2.28. The third kappa shape index (κ3) is 3.80. The maximum absolute atomic E-state index is 11.7. The molecular weight excluding hydrogens is 398 g/mol. The Hall–Kier alpha value is -3.00. The summed E-state index contributed by atoms with van der Waals surface area (Å²) in [4.78, 5) is 19.3. The third-order valence-electron chi connectivity index (χ3n) is 3.78. The number of nitro groups is 1. The summed E-state index contributed by atoms with van der Waals surface area (Å²) < 4.78 is 0.777. The van der Waals surface area contributed by atoms with Crippen LogP contribution < -0.4 is 10.6 Å². The zero-order chi connectivity index (χ0) is 18.5. The molecule has 0 atom stereocenters. The molecule has 0 spiro atoms. The molecule has 0 saturated heterocycles. The van der Waals surface area contributed by atoms with Crippen molar-refractivity contribution in [2.75, 3.05) is 10.6 Å². The molecule has 3 rings (SSSR count). The van der Waals surface area contributed by atoms with Gasteiger partial charge >= 0.3 is 5.69 Å². The van der Waals surface area contributed by atoms with E-state index in [1.54, 1.807) is 6.07 Å². The fraction of sp³-hybridized carbons (Fsp3) is 0.111. The van der Waals surface area contributed by atoms with Gasteiger partial charge in [0.2, 0.25) is 11.6 Å². The van der Waals surface area contributed by atoms with Crippen molar-refractivity contribution in [3.8, 4) is 0 Å². The molecule has 2 aromatic carbocycles. The Morgan fingerprint density at radius 2 is 1.58 bits per heavy atom. The first-order valence-electron chi connectivity index (χ1n) is 7.96. The minimum atomic E-state index is -0.490. The fourth-order valence-corrected chi connectivity index (χ4v) is 2.89. The average Bonchev–Trinajstić information content (AvgIpc) is 2.64. The van der Waals surface area contributed by atoms with Crippen molar-refractivity contribution >= 4 is 44.6 Å². The molecule has 0 bridgehead atoms. The lowest BCUT2D eigenvalue weighted by Gasteiger charge is -2.12. The number of aromatic nitrogens is 2. The SMILES string of the molecule is CCc1ccccc1Nc1ncnc(Nc2ccccc2Br)c1[N+](=O)[O-]. The second-order valence-corrected chi connectivity index (χ2v) is 6.27. The van der Waals surface area contributed by atoms with Crippen molar-refractivity contribution in [2.45, 2.75) is 13.3 Å².